The third kappa shape index (κ3) is 1.58. The van der Waals surface area contributed by atoms with Gasteiger partial charge in [-0.05, 0) is 37.5 Å². The molecule has 2 unspecified atom stereocenters. The Hall–Kier alpha value is -0.550. The van der Waals surface area contributed by atoms with E-state index >= 15 is 0 Å². The molecule has 1 spiro atoms. The first-order chi connectivity index (χ1) is 7.31. The topological polar surface area (TPSA) is 27.0 Å². The molecule has 2 aliphatic carbocycles. The molecule has 0 aromatic heterocycles. The highest BCUT2D eigenvalue weighted by Gasteiger charge is 2.49. The molecule has 1 heterocycles. The lowest BCUT2D eigenvalue weighted by Gasteiger charge is -2.59. The Balaban J connectivity index is 1.53. The van der Waals surface area contributed by atoms with Crippen molar-refractivity contribution in [2.45, 2.75) is 51.0 Å². The monoisotopic (exact) mass is 204 g/mol. The van der Waals surface area contributed by atoms with Gasteiger partial charge in [-0.2, -0.15) is 5.26 Å². The number of likely N-dealkylation sites (tertiary alicyclic amines) is 1. The van der Waals surface area contributed by atoms with Gasteiger partial charge in [0.05, 0.1) is 6.07 Å². The fourth-order valence-electron chi connectivity index (χ4n) is 3.68. The predicted octanol–water partition coefficient (Wildman–Crippen LogP) is 2.55. The molecule has 3 fully saturated rings. The number of nitriles is 1. The van der Waals surface area contributed by atoms with E-state index in [-0.39, 0.29) is 0 Å². The summed E-state index contributed by atoms with van der Waals surface area (Å²) in [5, 5.41) is 8.97. The summed E-state index contributed by atoms with van der Waals surface area (Å²) in [6.45, 7) is 2.69. The molecule has 0 N–H and O–H groups in total. The molecule has 1 aliphatic heterocycles. The van der Waals surface area contributed by atoms with E-state index in [9.17, 15) is 0 Å². The minimum atomic E-state index is 0.349. The summed E-state index contributed by atoms with van der Waals surface area (Å²) in [5.41, 5.74) is 0.750. The summed E-state index contributed by atoms with van der Waals surface area (Å²) in [7, 11) is 0. The van der Waals surface area contributed by atoms with Crippen molar-refractivity contribution in [2.75, 3.05) is 13.1 Å². The molecule has 2 heteroatoms. The van der Waals surface area contributed by atoms with Gasteiger partial charge in [-0.3, -0.25) is 4.90 Å². The molecule has 3 aliphatic rings. The van der Waals surface area contributed by atoms with Crippen molar-refractivity contribution >= 4 is 0 Å². The lowest BCUT2D eigenvalue weighted by molar-refractivity contribution is -0.0913. The Morgan fingerprint density at radius 1 is 1.13 bits per heavy atom. The van der Waals surface area contributed by atoms with Gasteiger partial charge in [0.1, 0.15) is 0 Å². The maximum atomic E-state index is 8.97. The van der Waals surface area contributed by atoms with Crippen molar-refractivity contribution in [2.24, 2.45) is 11.3 Å². The molecule has 2 saturated carbocycles. The maximum Gasteiger partial charge on any atom is 0.0656 e. The highest BCUT2D eigenvalue weighted by molar-refractivity contribution is 5.03. The number of rotatable bonds is 1. The highest BCUT2D eigenvalue weighted by atomic mass is 15.2. The zero-order valence-electron chi connectivity index (χ0n) is 9.41. The van der Waals surface area contributed by atoms with E-state index in [1.165, 1.54) is 45.2 Å². The molecule has 3 rings (SSSR count). The first-order valence-electron chi connectivity index (χ1n) is 6.45. The van der Waals surface area contributed by atoms with Gasteiger partial charge in [0.25, 0.3) is 0 Å². The van der Waals surface area contributed by atoms with Crippen LogP contribution in [0.1, 0.15) is 44.9 Å². The van der Waals surface area contributed by atoms with Gasteiger partial charge in [-0.1, -0.05) is 12.8 Å². The Morgan fingerprint density at radius 2 is 1.93 bits per heavy atom. The summed E-state index contributed by atoms with van der Waals surface area (Å²) < 4.78 is 0. The minimum Gasteiger partial charge on any atom is -0.299 e. The van der Waals surface area contributed by atoms with Crippen molar-refractivity contribution in [1.29, 1.82) is 5.26 Å². The molecule has 82 valence electrons. The first kappa shape index (κ1) is 9.66. The van der Waals surface area contributed by atoms with Crippen LogP contribution in [0.4, 0.5) is 0 Å². The van der Waals surface area contributed by atoms with E-state index in [0.717, 1.165) is 24.3 Å². The second kappa shape index (κ2) is 3.49. The van der Waals surface area contributed by atoms with Gasteiger partial charge in [-0.15, -0.1) is 0 Å². The second-order valence-electron chi connectivity index (χ2n) is 5.90. The summed E-state index contributed by atoms with van der Waals surface area (Å²) >= 11 is 0. The maximum absolute atomic E-state index is 8.97. The van der Waals surface area contributed by atoms with E-state index in [2.05, 4.69) is 11.0 Å². The van der Waals surface area contributed by atoms with Crippen LogP contribution in [-0.2, 0) is 0 Å². The van der Waals surface area contributed by atoms with E-state index in [1.807, 2.05) is 0 Å². The molecule has 0 bridgehead atoms. The summed E-state index contributed by atoms with van der Waals surface area (Å²) in [6.07, 6.45) is 9.30. The summed E-state index contributed by atoms with van der Waals surface area (Å²) in [4.78, 5) is 2.66. The molecule has 0 radical (unpaired) electrons. The second-order valence-corrected chi connectivity index (χ2v) is 5.90. The number of nitrogens with zero attached hydrogens (tertiary/aromatic N) is 2. The average Bonchev–Trinajstić information content (AvgIpc) is 2.14. The average molecular weight is 204 g/mol. The van der Waals surface area contributed by atoms with Crippen molar-refractivity contribution in [3.05, 3.63) is 0 Å². The fourth-order valence-corrected chi connectivity index (χ4v) is 3.68. The van der Waals surface area contributed by atoms with Crippen molar-refractivity contribution in [3.63, 3.8) is 0 Å². The van der Waals surface area contributed by atoms with Crippen LogP contribution < -0.4 is 0 Å². The van der Waals surface area contributed by atoms with Crippen molar-refractivity contribution < 1.29 is 0 Å². The summed E-state index contributed by atoms with van der Waals surface area (Å²) in [5.74, 6) is 0.349. The molecular weight excluding hydrogens is 184 g/mol. The molecule has 2 atom stereocenters. The van der Waals surface area contributed by atoms with Gasteiger partial charge in [0.15, 0.2) is 0 Å². The van der Waals surface area contributed by atoms with E-state index < -0.39 is 0 Å². The van der Waals surface area contributed by atoms with Crippen LogP contribution in [-0.4, -0.2) is 24.0 Å². The predicted molar refractivity (Wildman–Crippen MR) is 59.2 cm³/mol. The molecule has 2 nitrogen and oxygen atoms in total. The normalized spacial score (nSPS) is 39.1. The van der Waals surface area contributed by atoms with Gasteiger partial charge in [0, 0.05) is 25.0 Å². The van der Waals surface area contributed by atoms with Crippen molar-refractivity contribution in [1.82, 2.24) is 4.90 Å². The van der Waals surface area contributed by atoms with Gasteiger partial charge in [-0.25, -0.2) is 0 Å². The third-order valence-electron chi connectivity index (χ3n) is 4.84. The van der Waals surface area contributed by atoms with Crippen LogP contribution in [0.3, 0.4) is 0 Å². The van der Waals surface area contributed by atoms with E-state index in [1.54, 1.807) is 0 Å². The first-order valence-corrected chi connectivity index (χ1v) is 6.45. The molecule has 1 saturated heterocycles. The SMILES string of the molecule is N#CC1CCCC(N2CC3(CCC3)C2)C1. The Labute approximate surface area is 92.3 Å². The third-order valence-corrected chi connectivity index (χ3v) is 4.84. The van der Waals surface area contributed by atoms with E-state index in [0.29, 0.717) is 5.92 Å². The molecular formula is C13H20N2. The van der Waals surface area contributed by atoms with Crippen LogP contribution in [0.15, 0.2) is 0 Å². The molecule has 0 aromatic carbocycles. The Kier molecular flexibility index (Phi) is 2.25. The fraction of sp³-hybridized carbons (Fsp3) is 0.923. The lowest BCUT2D eigenvalue weighted by Crippen LogP contribution is -2.63. The highest BCUT2D eigenvalue weighted by Crippen LogP contribution is 2.50. The van der Waals surface area contributed by atoms with Crippen molar-refractivity contribution in [3.8, 4) is 6.07 Å². The zero-order chi connectivity index (χ0) is 10.3. The van der Waals surface area contributed by atoms with Crippen LogP contribution in [0, 0.1) is 22.7 Å². The smallest absolute Gasteiger partial charge is 0.0656 e. The van der Waals surface area contributed by atoms with Gasteiger partial charge in [0.2, 0.25) is 0 Å². The van der Waals surface area contributed by atoms with Crippen LogP contribution in [0.2, 0.25) is 0 Å². The summed E-state index contributed by atoms with van der Waals surface area (Å²) in [6, 6.07) is 3.20. The van der Waals surface area contributed by atoms with Gasteiger partial charge >= 0.3 is 0 Å². The Bertz CT molecular complexity index is 279. The van der Waals surface area contributed by atoms with Crippen LogP contribution >= 0.6 is 0 Å². The minimum absolute atomic E-state index is 0.349. The Morgan fingerprint density at radius 3 is 2.53 bits per heavy atom. The molecule has 0 amide bonds. The quantitative estimate of drug-likeness (QED) is 0.656. The zero-order valence-corrected chi connectivity index (χ0v) is 9.41. The standard InChI is InChI=1S/C13H20N2/c14-8-11-3-1-4-12(7-11)15-9-13(10-15)5-2-6-13/h11-12H,1-7,9-10H2. The lowest BCUT2D eigenvalue weighted by atomic mass is 9.62. The number of hydrogen-bond acceptors (Lipinski definition) is 2. The number of hydrogen-bond donors (Lipinski definition) is 0. The van der Waals surface area contributed by atoms with Crippen LogP contribution in [0.25, 0.3) is 0 Å². The van der Waals surface area contributed by atoms with Gasteiger partial charge < -0.3 is 0 Å². The molecule has 15 heavy (non-hydrogen) atoms. The largest absolute Gasteiger partial charge is 0.299 e. The molecule has 0 aromatic rings. The van der Waals surface area contributed by atoms with Crippen LogP contribution in [0.5, 0.6) is 0 Å². The van der Waals surface area contributed by atoms with E-state index in [4.69, 9.17) is 5.26 Å².